The van der Waals surface area contributed by atoms with Gasteiger partial charge < -0.3 is 4.74 Å². The summed E-state index contributed by atoms with van der Waals surface area (Å²) in [6.07, 6.45) is 0.854. The molecule has 0 aliphatic rings. The monoisotopic (exact) mass is 190 g/mol. The van der Waals surface area contributed by atoms with Crippen molar-refractivity contribution in [2.75, 3.05) is 7.11 Å². The molecular weight excluding hydrogens is 175 g/mol. The van der Waals surface area contributed by atoms with E-state index >= 15 is 0 Å². The van der Waals surface area contributed by atoms with Crippen LogP contribution < -0.4 is 5.46 Å². The van der Waals surface area contributed by atoms with E-state index in [1.165, 1.54) is 12.6 Å². The van der Waals surface area contributed by atoms with Crippen molar-refractivity contribution in [2.45, 2.75) is 20.3 Å². The summed E-state index contributed by atoms with van der Waals surface area (Å²) in [7, 11) is 3.45. The zero-order valence-electron chi connectivity index (χ0n) is 9.18. The van der Waals surface area contributed by atoms with Crippen molar-refractivity contribution < 1.29 is 9.53 Å². The summed E-state index contributed by atoms with van der Waals surface area (Å²) in [5.74, 6) is -0.237. The van der Waals surface area contributed by atoms with Crippen LogP contribution in [0.3, 0.4) is 0 Å². The second kappa shape index (κ2) is 4.31. The molecule has 0 aliphatic heterocycles. The van der Waals surface area contributed by atoms with E-state index < -0.39 is 0 Å². The van der Waals surface area contributed by atoms with Crippen LogP contribution in [-0.4, -0.2) is 20.9 Å². The molecule has 0 heterocycles. The zero-order valence-corrected chi connectivity index (χ0v) is 9.18. The van der Waals surface area contributed by atoms with Gasteiger partial charge in [-0.15, -0.1) is 0 Å². The Bertz CT molecular complexity index is 359. The molecule has 0 atom stereocenters. The summed E-state index contributed by atoms with van der Waals surface area (Å²) in [6, 6.07) is 4.05. The molecule has 2 nitrogen and oxygen atoms in total. The minimum atomic E-state index is -0.237. The molecule has 0 spiro atoms. The van der Waals surface area contributed by atoms with E-state index in [0.29, 0.717) is 0 Å². The van der Waals surface area contributed by atoms with Crippen molar-refractivity contribution in [1.29, 1.82) is 0 Å². The number of benzene rings is 1. The van der Waals surface area contributed by atoms with E-state index in [0.717, 1.165) is 23.1 Å². The van der Waals surface area contributed by atoms with Gasteiger partial charge in [0.15, 0.2) is 0 Å². The van der Waals surface area contributed by atoms with Crippen molar-refractivity contribution >= 4 is 19.3 Å². The van der Waals surface area contributed by atoms with Crippen LogP contribution in [0.5, 0.6) is 0 Å². The third-order valence-electron chi connectivity index (χ3n) is 2.33. The lowest BCUT2D eigenvalue weighted by Gasteiger charge is -2.10. The molecule has 3 heteroatoms. The van der Waals surface area contributed by atoms with Crippen molar-refractivity contribution in [1.82, 2.24) is 0 Å². The van der Waals surface area contributed by atoms with Gasteiger partial charge in [-0.2, -0.15) is 0 Å². The van der Waals surface area contributed by atoms with Gasteiger partial charge in [-0.3, -0.25) is 0 Å². The Labute approximate surface area is 85.7 Å². The number of carbonyl (C=O) groups excluding carboxylic acids is 1. The molecule has 14 heavy (non-hydrogen) atoms. The molecule has 0 saturated heterocycles. The van der Waals surface area contributed by atoms with Crippen molar-refractivity contribution in [2.24, 2.45) is 0 Å². The molecule has 0 aliphatic carbocycles. The number of carbonyl (C=O) groups is 1. The molecule has 0 amide bonds. The topological polar surface area (TPSA) is 26.3 Å². The predicted octanol–water partition coefficient (Wildman–Crippen LogP) is 0.602. The maximum atomic E-state index is 11.5. The van der Waals surface area contributed by atoms with Crippen LogP contribution in [0, 0.1) is 6.92 Å². The summed E-state index contributed by atoms with van der Waals surface area (Å²) < 4.78 is 4.76. The van der Waals surface area contributed by atoms with Gasteiger partial charge in [0.25, 0.3) is 0 Å². The number of hydrogen-bond acceptors (Lipinski definition) is 2. The molecule has 0 unspecified atom stereocenters. The highest BCUT2D eigenvalue weighted by Gasteiger charge is 2.13. The number of ether oxygens (including phenoxy) is 1. The molecule has 0 aromatic heterocycles. The van der Waals surface area contributed by atoms with Crippen molar-refractivity contribution in [3.05, 3.63) is 28.8 Å². The zero-order chi connectivity index (χ0) is 10.7. The Kier molecular flexibility index (Phi) is 3.34. The fraction of sp³-hybridized carbons (Fsp3) is 0.364. The predicted molar refractivity (Wildman–Crippen MR) is 60.1 cm³/mol. The maximum Gasteiger partial charge on any atom is 0.338 e. The van der Waals surface area contributed by atoms with Gasteiger partial charge in [-0.25, -0.2) is 4.79 Å². The summed E-state index contributed by atoms with van der Waals surface area (Å²) in [6.45, 7) is 3.99. The van der Waals surface area contributed by atoms with Gasteiger partial charge in [0.1, 0.15) is 7.85 Å². The first-order valence-electron chi connectivity index (χ1n) is 4.78. The van der Waals surface area contributed by atoms with Crippen LogP contribution in [-0.2, 0) is 11.2 Å². The average molecular weight is 190 g/mol. The van der Waals surface area contributed by atoms with E-state index in [9.17, 15) is 4.79 Å². The lowest BCUT2D eigenvalue weighted by molar-refractivity contribution is 0.0599. The Balaban J connectivity index is 3.32. The van der Waals surface area contributed by atoms with Gasteiger partial charge >= 0.3 is 5.97 Å². The van der Waals surface area contributed by atoms with E-state index in [-0.39, 0.29) is 5.97 Å². The third kappa shape index (κ3) is 1.98. The van der Waals surface area contributed by atoms with E-state index in [1.54, 1.807) is 0 Å². The van der Waals surface area contributed by atoms with Gasteiger partial charge in [-0.1, -0.05) is 24.5 Å². The molecule has 0 saturated carbocycles. The van der Waals surface area contributed by atoms with Crippen molar-refractivity contribution in [3.63, 3.8) is 0 Å². The maximum absolute atomic E-state index is 11.5. The van der Waals surface area contributed by atoms with Crippen LogP contribution in [0.4, 0.5) is 0 Å². The first-order valence-corrected chi connectivity index (χ1v) is 4.78. The summed E-state index contributed by atoms with van der Waals surface area (Å²) in [4.78, 5) is 11.5. The van der Waals surface area contributed by atoms with Crippen LogP contribution >= 0.6 is 0 Å². The highest BCUT2D eigenvalue weighted by atomic mass is 16.5. The van der Waals surface area contributed by atoms with Crippen LogP contribution in [0.1, 0.15) is 28.4 Å². The average Bonchev–Trinajstić information content (AvgIpc) is 2.15. The van der Waals surface area contributed by atoms with Gasteiger partial charge in [0.2, 0.25) is 0 Å². The number of methoxy groups -OCH3 is 1. The number of hydrogen-bond donors (Lipinski definition) is 0. The highest BCUT2D eigenvalue weighted by molar-refractivity contribution is 6.32. The molecule has 0 fully saturated rings. The highest BCUT2D eigenvalue weighted by Crippen LogP contribution is 2.14. The normalized spacial score (nSPS) is 9.93. The summed E-state index contributed by atoms with van der Waals surface area (Å²) in [5.41, 5.74) is 3.97. The van der Waals surface area contributed by atoms with E-state index in [4.69, 9.17) is 4.74 Å². The quantitative estimate of drug-likeness (QED) is 0.504. The van der Waals surface area contributed by atoms with Gasteiger partial charge in [0.05, 0.1) is 12.7 Å². The van der Waals surface area contributed by atoms with E-state index in [2.05, 4.69) is 0 Å². The number of rotatable bonds is 2. The Morgan fingerprint density at radius 3 is 2.64 bits per heavy atom. The van der Waals surface area contributed by atoms with Gasteiger partial charge in [-0.05, 0) is 24.5 Å². The van der Waals surface area contributed by atoms with E-state index in [1.807, 2.05) is 33.8 Å². The van der Waals surface area contributed by atoms with Crippen LogP contribution in [0.15, 0.2) is 12.1 Å². The second-order valence-electron chi connectivity index (χ2n) is 3.46. The first-order chi connectivity index (χ1) is 6.60. The Hall–Kier alpha value is -1.25. The number of esters is 1. The minimum absolute atomic E-state index is 0.237. The molecule has 0 radical (unpaired) electrons. The SMILES string of the molecule is Bc1cc(C)c(C(=O)OC)c(CC)c1. The number of aryl methyl sites for hydroxylation is 2. The molecule has 1 aromatic carbocycles. The Morgan fingerprint density at radius 1 is 1.50 bits per heavy atom. The standard InChI is InChI=1S/C11H15BO2/c1-4-8-6-9(12)5-7(2)10(8)11(13)14-3/h5-6H,4,12H2,1-3H3. The summed E-state index contributed by atoms with van der Waals surface area (Å²) >= 11 is 0. The molecule has 1 rings (SSSR count). The fourth-order valence-electron chi connectivity index (χ4n) is 1.73. The second-order valence-corrected chi connectivity index (χ2v) is 3.46. The van der Waals surface area contributed by atoms with Crippen LogP contribution in [0.25, 0.3) is 0 Å². The van der Waals surface area contributed by atoms with Crippen LogP contribution in [0.2, 0.25) is 0 Å². The Morgan fingerprint density at radius 2 is 2.14 bits per heavy atom. The lowest BCUT2D eigenvalue weighted by atomic mass is 9.88. The third-order valence-corrected chi connectivity index (χ3v) is 2.33. The largest absolute Gasteiger partial charge is 0.465 e. The van der Waals surface area contributed by atoms with Gasteiger partial charge in [0, 0.05) is 0 Å². The summed E-state index contributed by atoms with van der Waals surface area (Å²) in [5, 5.41) is 0. The first kappa shape index (κ1) is 10.8. The lowest BCUT2D eigenvalue weighted by Crippen LogP contribution is -2.13. The molecule has 1 aromatic rings. The smallest absolute Gasteiger partial charge is 0.338 e. The molecule has 0 N–H and O–H groups in total. The van der Waals surface area contributed by atoms with Crippen molar-refractivity contribution in [3.8, 4) is 0 Å². The molecular formula is C11H15BO2. The molecule has 0 bridgehead atoms. The minimum Gasteiger partial charge on any atom is -0.465 e. The fourth-order valence-corrected chi connectivity index (χ4v) is 1.73. The molecule has 74 valence electrons.